The second kappa shape index (κ2) is 7.91. The summed E-state index contributed by atoms with van der Waals surface area (Å²) >= 11 is 5.93. The van der Waals surface area contributed by atoms with Gasteiger partial charge in [0.1, 0.15) is 5.60 Å². The van der Waals surface area contributed by atoms with Crippen molar-refractivity contribution in [3.8, 4) is 0 Å². The summed E-state index contributed by atoms with van der Waals surface area (Å²) in [5, 5.41) is 3.60. The Labute approximate surface area is 144 Å². The SMILES string of the molecule is CC(C)(C)OC(=O)NCCCC1CCN(c2ccc(Cl)cc2)C1. The third-order valence-corrected chi connectivity index (χ3v) is 4.19. The smallest absolute Gasteiger partial charge is 0.407 e. The molecule has 1 unspecified atom stereocenters. The van der Waals surface area contributed by atoms with E-state index in [-0.39, 0.29) is 6.09 Å². The van der Waals surface area contributed by atoms with Gasteiger partial charge in [0.15, 0.2) is 0 Å². The van der Waals surface area contributed by atoms with E-state index in [1.54, 1.807) is 0 Å². The van der Waals surface area contributed by atoms with Crippen molar-refractivity contribution >= 4 is 23.4 Å². The maximum absolute atomic E-state index is 11.6. The number of benzene rings is 1. The van der Waals surface area contributed by atoms with Crippen molar-refractivity contribution in [2.24, 2.45) is 5.92 Å². The van der Waals surface area contributed by atoms with Crippen LogP contribution in [0, 0.1) is 5.92 Å². The zero-order valence-corrected chi connectivity index (χ0v) is 15.0. The van der Waals surface area contributed by atoms with Crippen molar-refractivity contribution in [3.05, 3.63) is 29.3 Å². The first kappa shape index (κ1) is 17.9. The van der Waals surface area contributed by atoms with Crippen molar-refractivity contribution in [1.29, 1.82) is 0 Å². The Morgan fingerprint density at radius 1 is 1.35 bits per heavy atom. The van der Waals surface area contributed by atoms with Crippen LogP contribution >= 0.6 is 11.6 Å². The molecule has 1 aliphatic heterocycles. The highest BCUT2D eigenvalue weighted by molar-refractivity contribution is 6.30. The number of hydrogen-bond donors (Lipinski definition) is 1. The van der Waals surface area contributed by atoms with Gasteiger partial charge in [0.05, 0.1) is 0 Å². The van der Waals surface area contributed by atoms with E-state index < -0.39 is 5.60 Å². The van der Waals surface area contributed by atoms with E-state index >= 15 is 0 Å². The number of nitrogens with zero attached hydrogens (tertiary/aromatic N) is 1. The van der Waals surface area contributed by atoms with E-state index in [0.717, 1.165) is 31.0 Å². The van der Waals surface area contributed by atoms with E-state index in [0.29, 0.717) is 12.5 Å². The summed E-state index contributed by atoms with van der Waals surface area (Å²) < 4.78 is 5.23. The van der Waals surface area contributed by atoms with Crippen molar-refractivity contribution < 1.29 is 9.53 Å². The second-order valence-corrected chi connectivity index (χ2v) is 7.58. The molecule has 1 fully saturated rings. The summed E-state index contributed by atoms with van der Waals surface area (Å²) in [6.45, 7) is 8.45. The monoisotopic (exact) mass is 338 g/mol. The molecule has 4 nitrogen and oxygen atoms in total. The number of ether oxygens (including phenoxy) is 1. The predicted octanol–water partition coefficient (Wildman–Crippen LogP) is 4.47. The van der Waals surface area contributed by atoms with Gasteiger partial charge in [-0.25, -0.2) is 4.79 Å². The lowest BCUT2D eigenvalue weighted by atomic mass is 10.0. The predicted molar refractivity (Wildman–Crippen MR) is 95.2 cm³/mol. The van der Waals surface area contributed by atoms with Gasteiger partial charge in [-0.2, -0.15) is 0 Å². The lowest BCUT2D eigenvalue weighted by molar-refractivity contribution is 0.0526. The summed E-state index contributed by atoms with van der Waals surface area (Å²) in [4.78, 5) is 14.0. The third-order valence-electron chi connectivity index (χ3n) is 3.93. The number of nitrogens with one attached hydrogen (secondary N) is 1. The molecule has 23 heavy (non-hydrogen) atoms. The van der Waals surface area contributed by atoms with E-state index in [1.807, 2.05) is 32.9 Å². The number of amides is 1. The van der Waals surface area contributed by atoms with Crippen LogP contribution in [0.15, 0.2) is 24.3 Å². The van der Waals surface area contributed by atoms with Gasteiger partial charge in [-0.3, -0.25) is 0 Å². The Balaban J connectivity index is 1.64. The van der Waals surface area contributed by atoms with Gasteiger partial charge in [0.2, 0.25) is 0 Å². The zero-order chi connectivity index (χ0) is 16.9. The molecule has 0 bridgehead atoms. The molecule has 0 aliphatic carbocycles. The first-order chi connectivity index (χ1) is 10.8. The topological polar surface area (TPSA) is 41.6 Å². The average Bonchev–Trinajstić information content (AvgIpc) is 2.91. The number of hydrogen-bond acceptors (Lipinski definition) is 3. The second-order valence-electron chi connectivity index (χ2n) is 7.15. The van der Waals surface area contributed by atoms with E-state index in [1.165, 1.54) is 12.1 Å². The first-order valence-corrected chi connectivity index (χ1v) is 8.69. The van der Waals surface area contributed by atoms with Crippen molar-refractivity contribution in [2.45, 2.75) is 45.6 Å². The highest BCUT2D eigenvalue weighted by atomic mass is 35.5. The van der Waals surface area contributed by atoms with Gasteiger partial charge >= 0.3 is 6.09 Å². The van der Waals surface area contributed by atoms with Crippen molar-refractivity contribution in [1.82, 2.24) is 5.32 Å². The summed E-state index contributed by atoms with van der Waals surface area (Å²) in [7, 11) is 0. The Morgan fingerprint density at radius 2 is 2.04 bits per heavy atom. The maximum Gasteiger partial charge on any atom is 0.407 e. The molecule has 5 heteroatoms. The lowest BCUT2D eigenvalue weighted by Gasteiger charge is -2.20. The number of carbonyl (C=O) groups is 1. The number of rotatable bonds is 5. The molecular formula is C18H27ClN2O2. The van der Waals surface area contributed by atoms with Gasteiger partial charge in [-0.15, -0.1) is 0 Å². The minimum Gasteiger partial charge on any atom is -0.444 e. The minimum atomic E-state index is -0.436. The molecule has 0 radical (unpaired) electrons. The van der Waals surface area contributed by atoms with E-state index in [4.69, 9.17) is 16.3 Å². The van der Waals surface area contributed by atoms with Gasteiger partial charge in [0.25, 0.3) is 0 Å². The van der Waals surface area contributed by atoms with Crippen LogP contribution in [0.1, 0.15) is 40.0 Å². The largest absolute Gasteiger partial charge is 0.444 e. The molecule has 1 amide bonds. The molecule has 0 aromatic heterocycles. The van der Waals surface area contributed by atoms with Gasteiger partial charge in [0, 0.05) is 30.3 Å². The molecule has 128 valence electrons. The van der Waals surface area contributed by atoms with Crippen molar-refractivity contribution in [2.75, 3.05) is 24.5 Å². The molecule has 1 saturated heterocycles. The van der Waals surface area contributed by atoms with Crippen LogP contribution in [0.2, 0.25) is 5.02 Å². The molecule has 1 aromatic rings. The van der Waals surface area contributed by atoms with E-state index in [2.05, 4.69) is 22.3 Å². The van der Waals surface area contributed by atoms with Crippen LogP contribution in [-0.2, 0) is 4.74 Å². The zero-order valence-electron chi connectivity index (χ0n) is 14.3. The Kier molecular flexibility index (Phi) is 6.17. The number of alkyl carbamates (subject to hydrolysis) is 1. The minimum absolute atomic E-state index is 0.327. The number of anilines is 1. The summed E-state index contributed by atoms with van der Waals surface area (Å²) in [6.07, 6.45) is 2.99. The number of carbonyl (C=O) groups excluding carboxylic acids is 1. The molecule has 2 rings (SSSR count). The fourth-order valence-corrected chi connectivity index (χ4v) is 2.98. The molecule has 1 N–H and O–H groups in total. The standard InChI is InChI=1S/C18H27ClN2O2/c1-18(2,3)23-17(22)20-11-4-5-14-10-12-21(13-14)16-8-6-15(19)7-9-16/h6-9,14H,4-5,10-13H2,1-3H3,(H,20,22). The van der Waals surface area contributed by atoms with Gasteiger partial charge in [-0.1, -0.05) is 11.6 Å². The number of halogens is 1. The Hall–Kier alpha value is -1.42. The highest BCUT2D eigenvalue weighted by Gasteiger charge is 2.22. The van der Waals surface area contributed by atoms with Crippen LogP contribution in [-0.4, -0.2) is 31.3 Å². The lowest BCUT2D eigenvalue weighted by Crippen LogP contribution is -2.33. The molecule has 1 aromatic carbocycles. The summed E-state index contributed by atoms with van der Waals surface area (Å²) in [5.74, 6) is 0.686. The highest BCUT2D eigenvalue weighted by Crippen LogP contribution is 2.27. The Morgan fingerprint density at radius 3 is 2.70 bits per heavy atom. The Bertz CT molecular complexity index is 511. The van der Waals surface area contributed by atoms with Gasteiger partial charge < -0.3 is 15.0 Å². The fraction of sp³-hybridized carbons (Fsp3) is 0.611. The van der Waals surface area contributed by atoms with E-state index in [9.17, 15) is 4.79 Å². The van der Waals surface area contributed by atoms with Crippen LogP contribution in [0.25, 0.3) is 0 Å². The molecular weight excluding hydrogens is 312 g/mol. The summed E-state index contributed by atoms with van der Waals surface area (Å²) in [6, 6.07) is 8.04. The molecule has 0 saturated carbocycles. The third kappa shape index (κ3) is 6.30. The van der Waals surface area contributed by atoms with Crippen LogP contribution in [0.5, 0.6) is 0 Å². The van der Waals surface area contributed by atoms with Gasteiger partial charge in [-0.05, 0) is 70.2 Å². The maximum atomic E-state index is 11.6. The molecule has 1 heterocycles. The van der Waals surface area contributed by atoms with Crippen LogP contribution in [0.4, 0.5) is 10.5 Å². The summed E-state index contributed by atoms with van der Waals surface area (Å²) in [5.41, 5.74) is 0.804. The van der Waals surface area contributed by atoms with Crippen molar-refractivity contribution in [3.63, 3.8) is 0 Å². The van der Waals surface area contributed by atoms with Crippen LogP contribution < -0.4 is 10.2 Å². The molecule has 1 aliphatic rings. The normalized spacial score (nSPS) is 18.1. The quantitative estimate of drug-likeness (QED) is 0.805. The fourth-order valence-electron chi connectivity index (χ4n) is 2.85. The molecule has 1 atom stereocenters. The van der Waals surface area contributed by atoms with Crippen LogP contribution in [0.3, 0.4) is 0 Å². The first-order valence-electron chi connectivity index (χ1n) is 8.31. The molecule has 0 spiro atoms. The average molecular weight is 339 g/mol.